The molecule has 0 amide bonds. The highest BCUT2D eigenvalue weighted by molar-refractivity contribution is 5.84. The second-order valence-electron chi connectivity index (χ2n) is 6.76. The topological polar surface area (TPSA) is 60.7 Å². The lowest BCUT2D eigenvalue weighted by molar-refractivity contribution is 0.599. The molecule has 3 heterocycles. The number of pyridine rings is 2. The van der Waals surface area contributed by atoms with Gasteiger partial charge < -0.3 is 4.57 Å². The molecule has 0 unspecified atom stereocenters. The van der Waals surface area contributed by atoms with Crippen molar-refractivity contribution >= 4 is 21.9 Å². The van der Waals surface area contributed by atoms with Crippen LogP contribution in [0.2, 0.25) is 0 Å². The minimum Gasteiger partial charge on any atom is -0.301 e. The summed E-state index contributed by atoms with van der Waals surface area (Å²) < 4.78 is 16.4. The molecule has 0 radical (unpaired) electrons. The Morgan fingerprint density at radius 3 is 2.62 bits per heavy atom. The lowest BCUT2D eigenvalue weighted by Gasteiger charge is -2.11. The van der Waals surface area contributed by atoms with E-state index in [9.17, 15) is 9.18 Å². The van der Waals surface area contributed by atoms with Crippen molar-refractivity contribution in [3.05, 3.63) is 101 Å². The van der Waals surface area contributed by atoms with Crippen molar-refractivity contribution in [2.45, 2.75) is 6.54 Å². The normalized spacial score (nSPS) is 11.2. The van der Waals surface area contributed by atoms with Gasteiger partial charge in [-0.2, -0.15) is 0 Å². The van der Waals surface area contributed by atoms with Crippen LogP contribution in [0.3, 0.4) is 0 Å². The zero-order chi connectivity index (χ0) is 19.8. The number of fused-ring (bicyclic) bond motifs is 2. The molecule has 3 aromatic heterocycles. The summed E-state index contributed by atoms with van der Waals surface area (Å²) in [5, 5.41) is 0.998. The third-order valence-corrected chi connectivity index (χ3v) is 4.97. The van der Waals surface area contributed by atoms with E-state index in [2.05, 4.69) is 15.0 Å². The highest BCUT2D eigenvalue weighted by Gasteiger charge is 2.10. The molecule has 2 aromatic carbocycles. The molecule has 0 saturated carbocycles. The lowest BCUT2D eigenvalue weighted by atomic mass is 10.0. The second kappa shape index (κ2) is 6.91. The number of benzene rings is 2. The first-order valence-corrected chi connectivity index (χ1v) is 9.12. The predicted octanol–water partition coefficient (Wildman–Crippen LogP) is 4.19. The standard InChI is InChI=1S/C23H15FN4O/c24-19-11-16(15-5-6-20-17(10-15)2-1-8-26-20)3-4-18(19)14-28-22-7-9-25-12-21(22)27-13-23(28)29/h1-13H,14H2. The van der Waals surface area contributed by atoms with E-state index in [1.54, 1.807) is 30.7 Å². The molecule has 0 atom stereocenters. The first kappa shape index (κ1) is 17.2. The van der Waals surface area contributed by atoms with Gasteiger partial charge in [0.2, 0.25) is 0 Å². The van der Waals surface area contributed by atoms with Gasteiger partial charge in [0, 0.05) is 23.3 Å². The van der Waals surface area contributed by atoms with Gasteiger partial charge >= 0.3 is 0 Å². The highest BCUT2D eigenvalue weighted by atomic mass is 19.1. The number of rotatable bonds is 3. The van der Waals surface area contributed by atoms with Gasteiger partial charge in [-0.1, -0.05) is 24.3 Å². The van der Waals surface area contributed by atoms with Crippen LogP contribution in [0.4, 0.5) is 4.39 Å². The smallest absolute Gasteiger partial charge is 0.269 e. The number of nitrogens with zero attached hydrogens (tertiary/aromatic N) is 4. The highest BCUT2D eigenvalue weighted by Crippen LogP contribution is 2.25. The molecule has 5 nitrogen and oxygen atoms in total. The quantitative estimate of drug-likeness (QED) is 0.469. The Hall–Kier alpha value is -3.93. The molecule has 0 aliphatic heterocycles. The molecular formula is C23H15FN4O. The second-order valence-corrected chi connectivity index (χ2v) is 6.76. The van der Waals surface area contributed by atoms with Gasteiger partial charge in [-0.15, -0.1) is 0 Å². The zero-order valence-corrected chi connectivity index (χ0v) is 15.3. The van der Waals surface area contributed by atoms with E-state index in [0.29, 0.717) is 16.6 Å². The number of hydrogen-bond donors (Lipinski definition) is 0. The number of hydrogen-bond acceptors (Lipinski definition) is 4. The molecule has 0 aliphatic rings. The van der Waals surface area contributed by atoms with Crippen LogP contribution < -0.4 is 5.56 Å². The molecule has 0 spiro atoms. The van der Waals surface area contributed by atoms with Gasteiger partial charge in [0.15, 0.2) is 0 Å². The fraction of sp³-hybridized carbons (Fsp3) is 0.0435. The summed E-state index contributed by atoms with van der Waals surface area (Å²) in [4.78, 5) is 24.7. The fourth-order valence-electron chi connectivity index (χ4n) is 3.46. The number of aromatic nitrogens is 4. The summed E-state index contributed by atoms with van der Waals surface area (Å²) in [5.74, 6) is -0.361. The fourth-order valence-corrected chi connectivity index (χ4v) is 3.46. The van der Waals surface area contributed by atoms with Gasteiger partial charge in [-0.25, -0.2) is 9.37 Å². The van der Waals surface area contributed by atoms with Crippen molar-refractivity contribution in [2.24, 2.45) is 0 Å². The van der Waals surface area contributed by atoms with Crippen molar-refractivity contribution in [2.75, 3.05) is 0 Å². The van der Waals surface area contributed by atoms with Crippen molar-refractivity contribution < 1.29 is 4.39 Å². The Morgan fingerprint density at radius 1 is 0.862 bits per heavy atom. The maximum Gasteiger partial charge on any atom is 0.269 e. The molecule has 0 fully saturated rings. The third-order valence-electron chi connectivity index (χ3n) is 4.97. The monoisotopic (exact) mass is 382 g/mol. The van der Waals surface area contributed by atoms with Crippen LogP contribution in [0.25, 0.3) is 33.1 Å². The SMILES string of the molecule is O=c1cnc2cnccc2n1Cc1ccc(-c2ccc3ncccc3c2)cc1F. The molecule has 140 valence electrons. The Bertz CT molecular complexity index is 1430. The zero-order valence-electron chi connectivity index (χ0n) is 15.3. The van der Waals surface area contributed by atoms with Crippen LogP contribution in [-0.2, 0) is 6.54 Å². The van der Waals surface area contributed by atoms with E-state index in [0.717, 1.165) is 22.0 Å². The van der Waals surface area contributed by atoms with Gasteiger partial charge in [0.25, 0.3) is 5.56 Å². The van der Waals surface area contributed by atoms with Crippen molar-refractivity contribution in [3.8, 4) is 11.1 Å². The molecule has 0 bridgehead atoms. The van der Waals surface area contributed by atoms with E-state index >= 15 is 0 Å². The van der Waals surface area contributed by atoms with Crippen LogP contribution in [0, 0.1) is 5.82 Å². The predicted molar refractivity (Wildman–Crippen MR) is 110 cm³/mol. The van der Waals surface area contributed by atoms with Crippen LogP contribution >= 0.6 is 0 Å². The molecule has 0 N–H and O–H groups in total. The van der Waals surface area contributed by atoms with E-state index in [1.165, 1.54) is 16.8 Å². The van der Waals surface area contributed by atoms with E-state index < -0.39 is 0 Å². The third kappa shape index (κ3) is 3.14. The average Bonchev–Trinajstić information content (AvgIpc) is 2.76. The summed E-state index contributed by atoms with van der Waals surface area (Å²) in [7, 11) is 0. The molecular weight excluding hydrogens is 367 g/mol. The van der Waals surface area contributed by atoms with Gasteiger partial charge in [-0.3, -0.25) is 14.8 Å². The number of halogens is 1. The Kier molecular flexibility index (Phi) is 4.09. The first-order chi connectivity index (χ1) is 14.2. The minimum absolute atomic E-state index is 0.121. The summed E-state index contributed by atoms with van der Waals surface area (Å²) in [6.45, 7) is 0.121. The molecule has 0 saturated heterocycles. The summed E-state index contributed by atoms with van der Waals surface area (Å²) in [6.07, 6.45) is 6.16. The molecule has 29 heavy (non-hydrogen) atoms. The molecule has 5 rings (SSSR count). The van der Waals surface area contributed by atoms with E-state index in [-0.39, 0.29) is 17.9 Å². The summed E-state index contributed by atoms with van der Waals surface area (Å²) >= 11 is 0. The largest absolute Gasteiger partial charge is 0.301 e. The Morgan fingerprint density at radius 2 is 1.72 bits per heavy atom. The minimum atomic E-state index is -0.361. The first-order valence-electron chi connectivity index (χ1n) is 9.12. The van der Waals surface area contributed by atoms with Crippen LogP contribution in [0.15, 0.2) is 84.2 Å². The van der Waals surface area contributed by atoms with Crippen LogP contribution in [0.1, 0.15) is 5.56 Å². The maximum absolute atomic E-state index is 14.9. The average molecular weight is 382 g/mol. The van der Waals surface area contributed by atoms with E-state index in [4.69, 9.17) is 0 Å². The molecule has 6 heteroatoms. The summed E-state index contributed by atoms with van der Waals surface area (Å²) in [6, 6.07) is 16.5. The van der Waals surface area contributed by atoms with Gasteiger partial charge in [0.1, 0.15) is 11.3 Å². The molecule has 0 aliphatic carbocycles. The Balaban J connectivity index is 1.53. The van der Waals surface area contributed by atoms with Crippen LogP contribution in [0.5, 0.6) is 0 Å². The van der Waals surface area contributed by atoms with Crippen molar-refractivity contribution in [1.29, 1.82) is 0 Å². The van der Waals surface area contributed by atoms with Gasteiger partial charge in [0.05, 0.1) is 30.0 Å². The van der Waals surface area contributed by atoms with Gasteiger partial charge in [-0.05, 0) is 41.5 Å². The summed E-state index contributed by atoms with van der Waals surface area (Å²) in [5.41, 5.74) is 3.94. The lowest BCUT2D eigenvalue weighted by Crippen LogP contribution is -2.21. The van der Waals surface area contributed by atoms with E-state index in [1.807, 2.05) is 36.4 Å². The van der Waals surface area contributed by atoms with Crippen molar-refractivity contribution in [3.63, 3.8) is 0 Å². The van der Waals surface area contributed by atoms with Crippen molar-refractivity contribution in [1.82, 2.24) is 19.5 Å². The Labute approximate surface area is 165 Å². The maximum atomic E-state index is 14.9. The molecule has 5 aromatic rings. The van der Waals surface area contributed by atoms with Crippen LogP contribution in [-0.4, -0.2) is 19.5 Å².